The minimum Gasteiger partial charge on any atom is -0.481 e. The fourth-order valence-electron chi connectivity index (χ4n) is 4.90. The number of hydrogen-bond donors (Lipinski definition) is 1. The van der Waals surface area contributed by atoms with Gasteiger partial charge in [-0.3, -0.25) is 4.79 Å². The lowest BCUT2D eigenvalue weighted by atomic mass is 9.68. The minimum atomic E-state index is -0.640. The molecule has 2 fully saturated rings. The molecule has 2 aliphatic carbocycles. The van der Waals surface area contributed by atoms with Crippen molar-refractivity contribution >= 4 is 5.97 Å². The molecule has 0 aliphatic heterocycles. The summed E-state index contributed by atoms with van der Waals surface area (Å²) in [4.78, 5) is 10.5. The lowest BCUT2D eigenvalue weighted by Gasteiger charge is -2.37. The molecule has 22 heavy (non-hydrogen) atoms. The molecule has 2 rings (SSSR count). The van der Waals surface area contributed by atoms with Crippen LogP contribution in [0.1, 0.15) is 96.8 Å². The van der Waals surface area contributed by atoms with Gasteiger partial charge in [-0.2, -0.15) is 0 Å². The van der Waals surface area contributed by atoms with Gasteiger partial charge >= 0.3 is 5.97 Å². The molecule has 0 heterocycles. The Balaban J connectivity index is 1.55. The maximum Gasteiger partial charge on any atom is 0.303 e. The van der Waals surface area contributed by atoms with Crippen molar-refractivity contribution in [3.63, 3.8) is 0 Å². The molecular formula is C20H36O2. The molecule has 0 aromatic carbocycles. The van der Waals surface area contributed by atoms with Crippen LogP contribution in [0.2, 0.25) is 0 Å². The lowest BCUT2D eigenvalue weighted by molar-refractivity contribution is -0.137. The van der Waals surface area contributed by atoms with Crippen molar-refractivity contribution in [2.75, 3.05) is 0 Å². The second-order valence-electron chi connectivity index (χ2n) is 7.96. The molecule has 0 aromatic rings. The monoisotopic (exact) mass is 308 g/mol. The Kier molecular flexibility index (Phi) is 7.75. The first-order chi connectivity index (χ1) is 10.7. The number of aliphatic carboxylic acids is 1. The zero-order chi connectivity index (χ0) is 15.8. The van der Waals surface area contributed by atoms with Crippen LogP contribution in [0.3, 0.4) is 0 Å². The van der Waals surface area contributed by atoms with E-state index in [1.165, 1.54) is 70.6 Å². The molecule has 0 bridgehead atoms. The van der Waals surface area contributed by atoms with E-state index in [2.05, 4.69) is 6.92 Å². The maximum atomic E-state index is 10.5. The van der Waals surface area contributed by atoms with Crippen molar-refractivity contribution in [1.82, 2.24) is 0 Å². The molecule has 0 aromatic heterocycles. The van der Waals surface area contributed by atoms with Gasteiger partial charge in [-0.05, 0) is 55.8 Å². The van der Waals surface area contributed by atoms with Gasteiger partial charge in [-0.15, -0.1) is 0 Å². The molecular weight excluding hydrogens is 272 g/mol. The summed E-state index contributed by atoms with van der Waals surface area (Å²) in [6, 6.07) is 0. The first kappa shape index (κ1) is 17.8. The molecule has 0 amide bonds. The summed E-state index contributed by atoms with van der Waals surface area (Å²) in [6.45, 7) is 2.35. The highest BCUT2D eigenvalue weighted by Crippen LogP contribution is 2.42. The van der Waals surface area contributed by atoms with E-state index in [0.717, 1.165) is 36.5 Å². The van der Waals surface area contributed by atoms with Crippen LogP contribution in [-0.2, 0) is 4.79 Å². The third-order valence-electron chi connectivity index (χ3n) is 6.53. The third-order valence-corrected chi connectivity index (χ3v) is 6.53. The highest BCUT2D eigenvalue weighted by molar-refractivity contribution is 5.66. The van der Waals surface area contributed by atoms with E-state index in [4.69, 9.17) is 5.11 Å². The SMILES string of the molecule is CCC1CCC(C2CCC(CCCCCC(=O)O)CC2)CC1. The molecule has 0 unspecified atom stereocenters. The highest BCUT2D eigenvalue weighted by atomic mass is 16.4. The Morgan fingerprint density at radius 3 is 1.86 bits per heavy atom. The van der Waals surface area contributed by atoms with Crippen LogP contribution in [-0.4, -0.2) is 11.1 Å². The van der Waals surface area contributed by atoms with Gasteiger partial charge in [0, 0.05) is 6.42 Å². The quantitative estimate of drug-likeness (QED) is 0.555. The Labute approximate surface area is 137 Å². The number of carbonyl (C=O) groups is 1. The highest BCUT2D eigenvalue weighted by Gasteiger charge is 2.30. The van der Waals surface area contributed by atoms with Crippen LogP contribution in [0, 0.1) is 23.7 Å². The second kappa shape index (κ2) is 9.57. The summed E-state index contributed by atoms with van der Waals surface area (Å²) in [7, 11) is 0. The molecule has 2 heteroatoms. The molecule has 0 radical (unpaired) electrons. The van der Waals surface area contributed by atoms with Gasteiger partial charge in [-0.1, -0.05) is 58.3 Å². The number of carboxylic acid groups (broad SMARTS) is 1. The van der Waals surface area contributed by atoms with Crippen molar-refractivity contribution in [3.05, 3.63) is 0 Å². The summed E-state index contributed by atoms with van der Waals surface area (Å²) < 4.78 is 0. The van der Waals surface area contributed by atoms with Crippen LogP contribution in [0.4, 0.5) is 0 Å². The first-order valence-electron chi connectivity index (χ1n) is 9.90. The van der Waals surface area contributed by atoms with Crippen molar-refractivity contribution in [1.29, 1.82) is 0 Å². The first-order valence-corrected chi connectivity index (χ1v) is 9.90. The standard InChI is InChI=1S/C20H36O2/c1-2-16-8-12-18(13-9-16)19-14-10-17(11-15-19)6-4-3-5-7-20(21)22/h16-19H,2-15H2,1H3,(H,21,22). The summed E-state index contributed by atoms with van der Waals surface area (Å²) in [6.07, 6.45) is 18.1. The van der Waals surface area contributed by atoms with Crippen molar-refractivity contribution in [2.45, 2.75) is 96.8 Å². The smallest absolute Gasteiger partial charge is 0.303 e. The van der Waals surface area contributed by atoms with Crippen molar-refractivity contribution < 1.29 is 9.90 Å². The fraction of sp³-hybridized carbons (Fsp3) is 0.950. The third kappa shape index (κ3) is 5.93. The predicted molar refractivity (Wildman–Crippen MR) is 91.9 cm³/mol. The van der Waals surface area contributed by atoms with Crippen LogP contribution in [0.25, 0.3) is 0 Å². The maximum absolute atomic E-state index is 10.5. The van der Waals surface area contributed by atoms with Gasteiger partial charge in [0.1, 0.15) is 0 Å². The van der Waals surface area contributed by atoms with Crippen LogP contribution in [0.15, 0.2) is 0 Å². The van der Waals surface area contributed by atoms with E-state index in [1.54, 1.807) is 0 Å². The second-order valence-corrected chi connectivity index (χ2v) is 7.96. The summed E-state index contributed by atoms with van der Waals surface area (Å²) >= 11 is 0. The van der Waals surface area contributed by atoms with E-state index < -0.39 is 5.97 Å². The number of hydrogen-bond acceptors (Lipinski definition) is 1. The van der Waals surface area contributed by atoms with Crippen molar-refractivity contribution in [3.8, 4) is 0 Å². The number of unbranched alkanes of at least 4 members (excludes halogenated alkanes) is 2. The van der Waals surface area contributed by atoms with Crippen LogP contribution in [0.5, 0.6) is 0 Å². The molecule has 2 aliphatic rings. The van der Waals surface area contributed by atoms with E-state index in [1.807, 2.05) is 0 Å². The summed E-state index contributed by atoms with van der Waals surface area (Å²) in [5.74, 6) is 3.39. The van der Waals surface area contributed by atoms with E-state index in [9.17, 15) is 4.79 Å². The minimum absolute atomic E-state index is 0.354. The molecule has 2 nitrogen and oxygen atoms in total. The van der Waals surface area contributed by atoms with Crippen LogP contribution < -0.4 is 0 Å². The zero-order valence-corrected chi connectivity index (χ0v) is 14.6. The van der Waals surface area contributed by atoms with E-state index in [-0.39, 0.29) is 0 Å². The normalized spacial score (nSPS) is 32.8. The fourth-order valence-corrected chi connectivity index (χ4v) is 4.90. The Morgan fingerprint density at radius 1 is 0.818 bits per heavy atom. The Hall–Kier alpha value is -0.530. The van der Waals surface area contributed by atoms with Gasteiger partial charge in [0.25, 0.3) is 0 Å². The van der Waals surface area contributed by atoms with Crippen LogP contribution >= 0.6 is 0 Å². The Bertz CT molecular complexity index is 310. The zero-order valence-electron chi connectivity index (χ0n) is 14.6. The van der Waals surface area contributed by atoms with Gasteiger partial charge in [0.05, 0.1) is 0 Å². The molecule has 128 valence electrons. The van der Waals surface area contributed by atoms with Gasteiger partial charge in [0.2, 0.25) is 0 Å². The molecule has 0 spiro atoms. The Morgan fingerprint density at radius 2 is 1.36 bits per heavy atom. The molecule has 2 saturated carbocycles. The number of carboxylic acids is 1. The predicted octanol–water partition coefficient (Wildman–Crippen LogP) is 6.04. The number of rotatable bonds is 8. The lowest BCUT2D eigenvalue weighted by Crippen LogP contribution is -2.25. The topological polar surface area (TPSA) is 37.3 Å². The average Bonchev–Trinajstić information content (AvgIpc) is 2.55. The van der Waals surface area contributed by atoms with Gasteiger partial charge in [0.15, 0.2) is 0 Å². The average molecular weight is 309 g/mol. The summed E-state index contributed by atoms with van der Waals surface area (Å²) in [5, 5.41) is 8.65. The molecule has 1 N–H and O–H groups in total. The largest absolute Gasteiger partial charge is 0.481 e. The van der Waals surface area contributed by atoms with Gasteiger partial charge in [-0.25, -0.2) is 0 Å². The molecule has 0 atom stereocenters. The van der Waals surface area contributed by atoms with E-state index in [0.29, 0.717) is 6.42 Å². The van der Waals surface area contributed by atoms with E-state index >= 15 is 0 Å². The molecule has 0 saturated heterocycles. The summed E-state index contributed by atoms with van der Waals surface area (Å²) in [5.41, 5.74) is 0. The van der Waals surface area contributed by atoms with Crippen molar-refractivity contribution in [2.24, 2.45) is 23.7 Å². The van der Waals surface area contributed by atoms with Gasteiger partial charge < -0.3 is 5.11 Å².